The van der Waals surface area contributed by atoms with E-state index >= 15 is 0 Å². The van der Waals surface area contributed by atoms with Gasteiger partial charge in [0.05, 0.1) is 5.69 Å². The Kier molecular flexibility index (Phi) is 5.19. The van der Waals surface area contributed by atoms with Crippen LogP contribution in [0, 0.1) is 6.92 Å². The maximum absolute atomic E-state index is 12.2. The number of thiazole rings is 1. The topological polar surface area (TPSA) is 42.0 Å². The fourth-order valence-electron chi connectivity index (χ4n) is 2.23. The number of hydrogen-bond donors (Lipinski definition) is 1. The van der Waals surface area contributed by atoms with Crippen LogP contribution in [0.25, 0.3) is 0 Å². The lowest BCUT2D eigenvalue weighted by Gasteiger charge is -2.02. The summed E-state index contributed by atoms with van der Waals surface area (Å²) in [6.45, 7) is 1.93. The van der Waals surface area contributed by atoms with Crippen LogP contribution in [0.1, 0.15) is 26.5 Å². The van der Waals surface area contributed by atoms with Gasteiger partial charge in [0.2, 0.25) is 0 Å². The molecule has 3 aromatic rings. The molecular formula is C18H14Cl2N2OS. The molecule has 0 fully saturated rings. The van der Waals surface area contributed by atoms with Crippen LogP contribution in [0.2, 0.25) is 10.0 Å². The number of amides is 1. The molecule has 24 heavy (non-hydrogen) atoms. The van der Waals surface area contributed by atoms with Gasteiger partial charge < -0.3 is 0 Å². The number of nitrogens with one attached hydrogen (secondary N) is 1. The van der Waals surface area contributed by atoms with Crippen molar-refractivity contribution in [2.24, 2.45) is 0 Å². The maximum atomic E-state index is 12.2. The first kappa shape index (κ1) is 17.0. The third-order valence-electron chi connectivity index (χ3n) is 3.53. The third-order valence-corrected chi connectivity index (χ3v) is 5.22. The number of nitrogens with zero attached hydrogens (tertiary/aromatic N) is 1. The van der Waals surface area contributed by atoms with E-state index in [4.69, 9.17) is 23.2 Å². The predicted octanol–water partition coefficient (Wildman–Crippen LogP) is 5.60. The molecule has 0 aliphatic carbocycles. The Morgan fingerprint density at radius 3 is 2.54 bits per heavy atom. The van der Waals surface area contributed by atoms with Crippen molar-refractivity contribution >= 4 is 45.6 Å². The Hall–Kier alpha value is -1.88. The van der Waals surface area contributed by atoms with E-state index in [-0.39, 0.29) is 5.91 Å². The molecule has 3 rings (SSSR count). The zero-order chi connectivity index (χ0) is 17.1. The lowest BCUT2D eigenvalue weighted by molar-refractivity contribution is 0.102. The molecule has 0 atom stereocenters. The molecule has 1 aromatic heterocycles. The number of carbonyl (C=O) groups is 1. The van der Waals surface area contributed by atoms with Gasteiger partial charge in [0.25, 0.3) is 5.91 Å². The minimum absolute atomic E-state index is 0.204. The van der Waals surface area contributed by atoms with Crippen LogP contribution < -0.4 is 5.32 Å². The third kappa shape index (κ3) is 3.96. The van der Waals surface area contributed by atoms with Gasteiger partial charge in [-0.25, -0.2) is 4.98 Å². The van der Waals surface area contributed by atoms with Crippen LogP contribution in [0.15, 0.2) is 48.5 Å². The molecule has 122 valence electrons. The molecule has 1 amide bonds. The molecule has 0 saturated carbocycles. The fourth-order valence-corrected chi connectivity index (χ4v) is 3.54. The Labute approximate surface area is 154 Å². The largest absolute Gasteiger partial charge is 0.298 e. The monoisotopic (exact) mass is 376 g/mol. The standard InChI is InChI=1S/C18H14Cl2N2OS/c1-11-16(10-13-4-2-3-5-15(13)20)24-18(21-11)22-17(23)12-6-8-14(19)9-7-12/h2-9H,10H2,1H3,(H,21,22,23). The summed E-state index contributed by atoms with van der Waals surface area (Å²) in [7, 11) is 0. The van der Waals surface area contributed by atoms with Gasteiger partial charge in [-0.2, -0.15) is 0 Å². The first-order valence-corrected chi connectivity index (χ1v) is 8.87. The van der Waals surface area contributed by atoms with Crippen molar-refractivity contribution in [3.63, 3.8) is 0 Å². The summed E-state index contributed by atoms with van der Waals surface area (Å²) in [4.78, 5) is 17.8. The smallest absolute Gasteiger partial charge is 0.257 e. The summed E-state index contributed by atoms with van der Waals surface area (Å²) in [6.07, 6.45) is 0.694. The van der Waals surface area contributed by atoms with E-state index in [9.17, 15) is 4.79 Å². The molecule has 0 radical (unpaired) electrons. The van der Waals surface area contributed by atoms with Crippen molar-refractivity contribution in [1.82, 2.24) is 4.98 Å². The van der Waals surface area contributed by atoms with Crippen molar-refractivity contribution in [2.45, 2.75) is 13.3 Å². The van der Waals surface area contributed by atoms with Gasteiger partial charge in [-0.3, -0.25) is 10.1 Å². The van der Waals surface area contributed by atoms with E-state index in [0.717, 1.165) is 21.2 Å². The summed E-state index contributed by atoms with van der Waals surface area (Å²) in [5, 5.41) is 4.74. The van der Waals surface area contributed by atoms with E-state index in [2.05, 4.69) is 10.3 Å². The number of anilines is 1. The highest BCUT2D eigenvalue weighted by Gasteiger charge is 2.13. The molecule has 0 spiro atoms. The van der Waals surface area contributed by atoms with Gasteiger partial charge in [-0.15, -0.1) is 11.3 Å². The van der Waals surface area contributed by atoms with Crippen molar-refractivity contribution in [1.29, 1.82) is 0 Å². The lowest BCUT2D eigenvalue weighted by atomic mass is 10.1. The number of benzene rings is 2. The zero-order valence-electron chi connectivity index (χ0n) is 12.8. The average Bonchev–Trinajstić information content (AvgIpc) is 2.89. The zero-order valence-corrected chi connectivity index (χ0v) is 15.2. The minimum Gasteiger partial charge on any atom is -0.298 e. The second-order valence-corrected chi connectivity index (χ2v) is 7.18. The molecule has 0 aliphatic rings. The van der Waals surface area contributed by atoms with Crippen LogP contribution in [0.3, 0.4) is 0 Å². The molecule has 0 aliphatic heterocycles. The Morgan fingerprint density at radius 1 is 1.12 bits per heavy atom. The highest BCUT2D eigenvalue weighted by molar-refractivity contribution is 7.15. The van der Waals surface area contributed by atoms with Crippen molar-refractivity contribution in [3.8, 4) is 0 Å². The molecule has 0 bridgehead atoms. The molecule has 1 heterocycles. The van der Waals surface area contributed by atoms with Crippen LogP contribution in [0.4, 0.5) is 5.13 Å². The number of rotatable bonds is 4. The lowest BCUT2D eigenvalue weighted by Crippen LogP contribution is -2.11. The van der Waals surface area contributed by atoms with Crippen molar-refractivity contribution in [2.75, 3.05) is 5.32 Å². The van der Waals surface area contributed by atoms with Crippen LogP contribution in [-0.4, -0.2) is 10.9 Å². The highest BCUT2D eigenvalue weighted by atomic mass is 35.5. The van der Waals surface area contributed by atoms with E-state index < -0.39 is 0 Å². The first-order valence-electron chi connectivity index (χ1n) is 7.29. The van der Waals surface area contributed by atoms with Crippen LogP contribution in [0.5, 0.6) is 0 Å². The Bertz CT molecular complexity index is 875. The molecule has 1 N–H and O–H groups in total. The summed E-state index contributed by atoms with van der Waals surface area (Å²) in [6, 6.07) is 14.5. The maximum Gasteiger partial charge on any atom is 0.257 e. The van der Waals surface area contributed by atoms with Crippen LogP contribution >= 0.6 is 34.5 Å². The van der Waals surface area contributed by atoms with E-state index in [0.29, 0.717) is 22.1 Å². The van der Waals surface area contributed by atoms with E-state index in [1.54, 1.807) is 24.3 Å². The molecule has 0 saturated heterocycles. The molecule has 3 nitrogen and oxygen atoms in total. The van der Waals surface area contributed by atoms with Gasteiger partial charge in [0.15, 0.2) is 5.13 Å². The van der Waals surface area contributed by atoms with Gasteiger partial charge in [0.1, 0.15) is 0 Å². The Balaban J connectivity index is 1.75. The minimum atomic E-state index is -0.204. The Morgan fingerprint density at radius 2 is 1.83 bits per heavy atom. The normalized spacial score (nSPS) is 10.6. The molecule has 6 heteroatoms. The summed E-state index contributed by atoms with van der Waals surface area (Å²) < 4.78 is 0. The highest BCUT2D eigenvalue weighted by Crippen LogP contribution is 2.28. The van der Waals surface area contributed by atoms with E-state index in [1.165, 1.54) is 11.3 Å². The molecule has 2 aromatic carbocycles. The van der Waals surface area contributed by atoms with Gasteiger partial charge in [-0.05, 0) is 42.8 Å². The average molecular weight is 377 g/mol. The second kappa shape index (κ2) is 7.34. The number of aromatic nitrogens is 1. The van der Waals surface area contributed by atoms with Gasteiger partial charge >= 0.3 is 0 Å². The first-order chi connectivity index (χ1) is 11.5. The van der Waals surface area contributed by atoms with Crippen molar-refractivity contribution in [3.05, 3.63) is 80.3 Å². The van der Waals surface area contributed by atoms with Crippen LogP contribution in [-0.2, 0) is 6.42 Å². The summed E-state index contributed by atoms with van der Waals surface area (Å²) in [5.41, 5.74) is 2.48. The SMILES string of the molecule is Cc1nc(NC(=O)c2ccc(Cl)cc2)sc1Cc1ccccc1Cl. The predicted molar refractivity (Wildman–Crippen MR) is 101 cm³/mol. The fraction of sp³-hybridized carbons (Fsp3) is 0.111. The quantitative estimate of drug-likeness (QED) is 0.643. The number of carbonyl (C=O) groups excluding carboxylic acids is 1. The molecular weight excluding hydrogens is 363 g/mol. The second-order valence-electron chi connectivity index (χ2n) is 5.26. The van der Waals surface area contributed by atoms with Gasteiger partial charge in [0, 0.05) is 26.9 Å². The number of halogens is 2. The van der Waals surface area contributed by atoms with E-state index in [1.807, 2.05) is 31.2 Å². The number of aryl methyl sites for hydroxylation is 1. The molecule has 0 unspecified atom stereocenters. The van der Waals surface area contributed by atoms with Crippen molar-refractivity contribution < 1.29 is 4.79 Å². The summed E-state index contributed by atoms with van der Waals surface area (Å²) in [5.74, 6) is -0.204. The summed E-state index contributed by atoms with van der Waals surface area (Å²) >= 11 is 13.5. The number of hydrogen-bond acceptors (Lipinski definition) is 3. The van der Waals surface area contributed by atoms with Gasteiger partial charge in [-0.1, -0.05) is 41.4 Å².